The number of ether oxygens (including phenoxy) is 2. The number of halogens is 2. The molecule has 1 rings (SSSR count). The highest BCUT2D eigenvalue weighted by atomic mass is 19.1. The molecular weight excluding hydrogens is 252 g/mol. The molecule has 1 atom stereocenters. The summed E-state index contributed by atoms with van der Waals surface area (Å²) in [6.45, 7) is 0.319. The predicted molar refractivity (Wildman–Crippen MR) is 70.7 cm³/mol. The molecule has 0 bridgehead atoms. The molecule has 108 valence electrons. The van der Waals surface area contributed by atoms with Gasteiger partial charge in [-0.25, -0.2) is 8.78 Å². The van der Waals surface area contributed by atoms with E-state index in [2.05, 4.69) is 0 Å². The molecule has 0 saturated heterocycles. The summed E-state index contributed by atoms with van der Waals surface area (Å²) in [6, 6.07) is 4.71. The Morgan fingerprint density at radius 2 is 2.05 bits per heavy atom. The Balaban J connectivity index is 2.89. The van der Waals surface area contributed by atoms with Crippen molar-refractivity contribution in [3.63, 3.8) is 0 Å². The van der Waals surface area contributed by atoms with Crippen LogP contribution >= 0.6 is 0 Å². The van der Waals surface area contributed by atoms with Crippen molar-refractivity contribution in [2.24, 2.45) is 5.73 Å². The van der Waals surface area contributed by atoms with Gasteiger partial charge in [-0.2, -0.15) is 0 Å². The van der Waals surface area contributed by atoms with E-state index in [0.29, 0.717) is 13.0 Å². The number of methoxy groups -OCH3 is 2. The highest BCUT2D eigenvalue weighted by Gasteiger charge is 2.31. The number of alkyl halides is 1. The third-order valence-corrected chi connectivity index (χ3v) is 3.00. The van der Waals surface area contributed by atoms with Gasteiger partial charge in [-0.15, -0.1) is 0 Å². The first-order chi connectivity index (χ1) is 9.06. The van der Waals surface area contributed by atoms with E-state index < -0.39 is 11.5 Å². The molecule has 5 heteroatoms. The average molecular weight is 273 g/mol. The number of hydrogen-bond donors (Lipinski definition) is 1. The molecule has 0 heterocycles. The van der Waals surface area contributed by atoms with Gasteiger partial charge < -0.3 is 15.2 Å². The van der Waals surface area contributed by atoms with Crippen LogP contribution in [0.15, 0.2) is 18.2 Å². The van der Waals surface area contributed by atoms with Crippen LogP contribution in [0.4, 0.5) is 8.78 Å². The summed E-state index contributed by atoms with van der Waals surface area (Å²) in [5, 5.41) is 0. The monoisotopic (exact) mass is 273 g/mol. The predicted octanol–water partition coefficient (Wildman–Crippen LogP) is 2.47. The second kappa shape index (κ2) is 7.40. The third kappa shape index (κ3) is 4.44. The number of hydrogen-bond acceptors (Lipinski definition) is 3. The Morgan fingerprint density at radius 1 is 1.32 bits per heavy atom. The molecule has 0 fully saturated rings. The zero-order valence-corrected chi connectivity index (χ0v) is 11.4. The van der Waals surface area contributed by atoms with Gasteiger partial charge in [-0.05, 0) is 31.0 Å². The lowest BCUT2D eigenvalue weighted by atomic mass is 9.92. The van der Waals surface area contributed by atoms with Crippen LogP contribution in [-0.4, -0.2) is 33.0 Å². The Hall–Kier alpha value is -1.20. The van der Waals surface area contributed by atoms with E-state index in [1.54, 1.807) is 12.1 Å². The minimum absolute atomic E-state index is 0.0517. The highest BCUT2D eigenvalue weighted by molar-refractivity contribution is 5.32. The quantitative estimate of drug-likeness (QED) is 0.791. The standard InChI is InChI=1S/C14H21F2NO2/c1-18-10-14(16,7-4-8-17)9-11-5-3-6-12(19-2)13(11)15/h3,5-6H,4,7-10,17H2,1-2H3. The van der Waals surface area contributed by atoms with Crippen LogP contribution in [0, 0.1) is 5.82 Å². The van der Waals surface area contributed by atoms with Crippen LogP contribution in [0.2, 0.25) is 0 Å². The topological polar surface area (TPSA) is 44.5 Å². The summed E-state index contributed by atoms with van der Waals surface area (Å²) in [5.74, 6) is -0.396. The third-order valence-electron chi connectivity index (χ3n) is 3.00. The summed E-state index contributed by atoms with van der Waals surface area (Å²) >= 11 is 0. The fourth-order valence-electron chi connectivity index (χ4n) is 2.08. The Morgan fingerprint density at radius 3 is 2.63 bits per heavy atom. The van der Waals surface area contributed by atoms with Crippen molar-refractivity contribution in [3.8, 4) is 5.75 Å². The van der Waals surface area contributed by atoms with E-state index in [0.717, 1.165) is 0 Å². The van der Waals surface area contributed by atoms with E-state index in [-0.39, 0.29) is 30.8 Å². The lowest BCUT2D eigenvalue weighted by Gasteiger charge is -2.25. The van der Waals surface area contributed by atoms with Gasteiger partial charge in [0.05, 0.1) is 13.7 Å². The zero-order chi connectivity index (χ0) is 14.3. The summed E-state index contributed by atoms with van der Waals surface area (Å²) in [5.41, 5.74) is 4.08. The molecule has 0 aromatic heterocycles. The summed E-state index contributed by atoms with van der Waals surface area (Å²) in [6.07, 6.45) is 0.726. The number of nitrogens with two attached hydrogens (primary N) is 1. The minimum atomic E-state index is -1.61. The lowest BCUT2D eigenvalue weighted by molar-refractivity contribution is 0.0328. The largest absolute Gasteiger partial charge is 0.494 e. The van der Waals surface area contributed by atoms with E-state index in [9.17, 15) is 8.78 Å². The van der Waals surface area contributed by atoms with Crippen molar-refractivity contribution >= 4 is 0 Å². The highest BCUT2D eigenvalue weighted by Crippen LogP contribution is 2.28. The smallest absolute Gasteiger partial charge is 0.168 e. The Kier molecular flexibility index (Phi) is 6.18. The van der Waals surface area contributed by atoms with Gasteiger partial charge in [0.15, 0.2) is 11.6 Å². The van der Waals surface area contributed by atoms with Crippen molar-refractivity contribution in [3.05, 3.63) is 29.6 Å². The molecule has 0 aliphatic carbocycles. The van der Waals surface area contributed by atoms with Gasteiger partial charge in [0.25, 0.3) is 0 Å². The molecule has 1 unspecified atom stereocenters. The minimum Gasteiger partial charge on any atom is -0.494 e. The van der Waals surface area contributed by atoms with E-state index in [1.165, 1.54) is 20.3 Å². The van der Waals surface area contributed by atoms with E-state index >= 15 is 0 Å². The SMILES string of the molecule is COCC(F)(CCCN)Cc1cccc(OC)c1F. The maximum atomic E-state index is 14.7. The molecule has 0 aliphatic heterocycles. The molecule has 19 heavy (non-hydrogen) atoms. The van der Waals surface area contributed by atoms with Crippen molar-refractivity contribution in [2.45, 2.75) is 24.9 Å². The molecule has 2 N–H and O–H groups in total. The van der Waals surface area contributed by atoms with Gasteiger partial charge in [-0.3, -0.25) is 0 Å². The summed E-state index contributed by atoms with van der Waals surface area (Å²) in [7, 11) is 2.81. The van der Waals surface area contributed by atoms with Gasteiger partial charge in [0, 0.05) is 13.5 Å². The van der Waals surface area contributed by atoms with Gasteiger partial charge in [-0.1, -0.05) is 12.1 Å². The van der Waals surface area contributed by atoms with Crippen LogP contribution in [-0.2, 0) is 11.2 Å². The van der Waals surface area contributed by atoms with Crippen molar-refractivity contribution < 1.29 is 18.3 Å². The Labute approximate surface area is 112 Å². The van der Waals surface area contributed by atoms with Crippen LogP contribution in [0.25, 0.3) is 0 Å². The molecular formula is C14H21F2NO2. The van der Waals surface area contributed by atoms with Gasteiger partial charge in [0.2, 0.25) is 0 Å². The van der Waals surface area contributed by atoms with Crippen LogP contribution < -0.4 is 10.5 Å². The second-order valence-corrected chi connectivity index (χ2v) is 4.59. The number of benzene rings is 1. The first-order valence-corrected chi connectivity index (χ1v) is 6.25. The van der Waals surface area contributed by atoms with Crippen LogP contribution in [0.5, 0.6) is 5.75 Å². The summed E-state index contributed by atoms with van der Waals surface area (Å²) in [4.78, 5) is 0. The van der Waals surface area contributed by atoms with Crippen LogP contribution in [0.1, 0.15) is 18.4 Å². The summed E-state index contributed by atoms with van der Waals surface area (Å²) < 4.78 is 38.5. The van der Waals surface area contributed by atoms with Crippen LogP contribution in [0.3, 0.4) is 0 Å². The fraction of sp³-hybridized carbons (Fsp3) is 0.571. The molecule has 0 aliphatic rings. The van der Waals surface area contributed by atoms with Crippen molar-refractivity contribution in [2.75, 3.05) is 27.4 Å². The zero-order valence-electron chi connectivity index (χ0n) is 11.4. The van der Waals surface area contributed by atoms with Gasteiger partial charge in [0.1, 0.15) is 5.67 Å². The fourth-order valence-corrected chi connectivity index (χ4v) is 2.08. The lowest BCUT2D eigenvalue weighted by Crippen LogP contribution is -2.33. The molecule has 0 spiro atoms. The molecule has 0 radical (unpaired) electrons. The van der Waals surface area contributed by atoms with Gasteiger partial charge >= 0.3 is 0 Å². The maximum Gasteiger partial charge on any atom is 0.168 e. The maximum absolute atomic E-state index is 14.7. The molecule has 3 nitrogen and oxygen atoms in total. The molecule has 1 aromatic carbocycles. The molecule has 0 saturated carbocycles. The average Bonchev–Trinajstić information content (AvgIpc) is 2.39. The van der Waals surface area contributed by atoms with E-state index in [4.69, 9.17) is 15.2 Å². The second-order valence-electron chi connectivity index (χ2n) is 4.59. The molecule has 1 aromatic rings. The first kappa shape index (κ1) is 15.9. The van der Waals surface area contributed by atoms with E-state index in [1.807, 2.05) is 0 Å². The normalized spacial score (nSPS) is 14.2. The van der Waals surface area contributed by atoms with Crippen molar-refractivity contribution in [1.82, 2.24) is 0 Å². The first-order valence-electron chi connectivity index (χ1n) is 6.25. The Bertz CT molecular complexity index is 401. The molecule has 0 amide bonds. The van der Waals surface area contributed by atoms with Crippen molar-refractivity contribution in [1.29, 1.82) is 0 Å². The number of rotatable bonds is 8.